The second-order valence-electron chi connectivity index (χ2n) is 5.26. The molecule has 1 N–H and O–H groups in total. The number of aliphatic hydroxyl groups is 1. The molecule has 3 rings (SSSR count). The Kier molecular flexibility index (Phi) is 3.11. The lowest BCUT2D eigenvalue weighted by Crippen LogP contribution is -2.53. The maximum atomic E-state index is 12.4. The van der Waals surface area contributed by atoms with Crippen molar-refractivity contribution in [3.8, 4) is 0 Å². The number of hydrogen-bond acceptors (Lipinski definition) is 4. The van der Waals surface area contributed by atoms with Crippen LogP contribution in [0.4, 0.5) is 0 Å². The molecule has 0 spiro atoms. The number of Topliss-reactive ketones (excluding diaryl/α,β-unsaturated/α-hetero) is 1. The first-order valence-corrected chi connectivity index (χ1v) is 6.65. The Bertz CT molecular complexity index is 505. The maximum Gasteiger partial charge on any atom is 0.313 e. The van der Waals surface area contributed by atoms with Gasteiger partial charge in [-0.1, -0.05) is 30.7 Å². The Morgan fingerprint density at radius 3 is 2.63 bits per heavy atom. The minimum atomic E-state index is -0.216. The second-order valence-corrected chi connectivity index (χ2v) is 5.26. The van der Waals surface area contributed by atoms with Crippen LogP contribution in [0.5, 0.6) is 0 Å². The van der Waals surface area contributed by atoms with Gasteiger partial charge in [-0.25, -0.2) is 0 Å². The Balaban J connectivity index is 1.77. The molecule has 1 heterocycles. The van der Waals surface area contributed by atoms with Crippen molar-refractivity contribution < 1.29 is 19.4 Å². The van der Waals surface area contributed by atoms with E-state index in [0.29, 0.717) is 5.56 Å². The predicted molar refractivity (Wildman–Crippen MR) is 67.4 cm³/mol. The molecule has 19 heavy (non-hydrogen) atoms. The van der Waals surface area contributed by atoms with Crippen LogP contribution in [0.15, 0.2) is 24.3 Å². The van der Waals surface area contributed by atoms with Gasteiger partial charge in [0, 0.05) is 5.56 Å². The van der Waals surface area contributed by atoms with Gasteiger partial charge in [-0.3, -0.25) is 9.59 Å². The first-order valence-electron chi connectivity index (χ1n) is 6.65. The molecule has 3 atom stereocenters. The number of fused-ring (bicyclic) bond motifs is 1. The minimum absolute atomic E-state index is 0.0276. The van der Waals surface area contributed by atoms with Crippen LogP contribution in [0.3, 0.4) is 0 Å². The van der Waals surface area contributed by atoms with E-state index in [0.717, 1.165) is 24.8 Å². The third-order valence-electron chi connectivity index (χ3n) is 4.14. The summed E-state index contributed by atoms with van der Waals surface area (Å²) in [5.41, 5.74) is 1.42. The predicted octanol–water partition coefficient (Wildman–Crippen LogP) is 1.70. The Morgan fingerprint density at radius 1 is 1.26 bits per heavy atom. The number of benzene rings is 1. The van der Waals surface area contributed by atoms with E-state index in [-0.39, 0.29) is 36.3 Å². The molecule has 1 saturated heterocycles. The number of carbonyl (C=O) groups excluding carboxylic acids is 2. The molecule has 3 unspecified atom stereocenters. The van der Waals surface area contributed by atoms with E-state index in [1.54, 1.807) is 24.3 Å². The zero-order valence-corrected chi connectivity index (χ0v) is 10.5. The second kappa shape index (κ2) is 4.78. The molecule has 4 nitrogen and oxygen atoms in total. The standard InChI is InChI=1S/C15H16O4/c16-8-9-4-6-10(7-5-9)13(17)11-2-1-3-12-14(11)19-15(12)18/h4-7,11-12,14,16H,1-3,8H2. The molecular weight excluding hydrogens is 244 g/mol. The van der Waals surface area contributed by atoms with Gasteiger partial charge in [0.05, 0.1) is 18.4 Å². The van der Waals surface area contributed by atoms with Crippen LogP contribution in [0.25, 0.3) is 0 Å². The van der Waals surface area contributed by atoms with E-state index in [1.807, 2.05) is 0 Å². The highest BCUT2D eigenvalue weighted by atomic mass is 16.6. The summed E-state index contributed by atoms with van der Waals surface area (Å²) >= 11 is 0. The lowest BCUT2D eigenvalue weighted by Gasteiger charge is -2.43. The van der Waals surface area contributed by atoms with E-state index < -0.39 is 0 Å². The summed E-state index contributed by atoms with van der Waals surface area (Å²) in [4.78, 5) is 23.7. The Labute approximate surface area is 111 Å². The minimum Gasteiger partial charge on any atom is -0.460 e. The molecule has 2 fully saturated rings. The van der Waals surface area contributed by atoms with Crippen molar-refractivity contribution in [1.29, 1.82) is 0 Å². The largest absolute Gasteiger partial charge is 0.460 e. The molecule has 0 aromatic heterocycles. The monoisotopic (exact) mass is 260 g/mol. The van der Waals surface area contributed by atoms with Crippen molar-refractivity contribution in [2.24, 2.45) is 11.8 Å². The van der Waals surface area contributed by atoms with Gasteiger partial charge in [0.1, 0.15) is 6.10 Å². The van der Waals surface area contributed by atoms with Crippen molar-refractivity contribution in [2.75, 3.05) is 0 Å². The van der Waals surface area contributed by atoms with Crippen LogP contribution in [-0.2, 0) is 16.1 Å². The maximum absolute atomic E-state index is 12.4. The quantitative estimate of drug-likeness (QED) is 0.663. The molecule has 1 aliphatic heterocycles. The van der Waals surface area contributed by atoms with Crippen molar-refractivity contribution >= 4 is 11.8 Å². The Hall–Kier alpha value is -1.68. The number of esters is 1. The van der Waals surface area contributed by atoms with Gasteiger partial charge in [-0.2, -0.15) is 0 Å². The summed E-state index contributed by atoms with van der Waals surface area (Å²) in [5, 5.41) is 8.99. The van der Waals surface area contributed by atoms with Gasteiger partial charge in [0.2, 0.25) is 0 Å². The van der Waals surface area contributed by atoms with Crippen LogP contribution < -0.4 is 0 Å². The SMILES string of the molecule is O=C1OC2C1CCCC2C(=O)c1ccc(CO)cc1. The number of hydrogen-bond donors (Lipinski definition) is 1. The summed E-state index contributed by atoms with van der Waals surface area (Å²) < 4.78 is 5.14. The van der Waals surface area contributed by atoms with Gasteiger partial charge in [-0.15, -0.1) is 0 Å². The summed E-state index contributed by atoms with van der Waals surface area (Å²) in [6, 6.07) is 6.97. The van der Waals surface area contributed by atoms with Gasteiger partial charge < -0.3 is 9.84 Å². The van der Waals surface area contributed by atoms with Crippen molar-refractivity contribution in [3.63, 3.8) is 0 Å². The molecule has 100 valence electrons. The normalized spacial score (nSPS) is 29.1. The van der Waals surface area contributed by atoms with E-state index in [4.69, 9.17) is 9.84 Å². The van der Waals surface area contributed by atoms with Crippen LogP contribution in [0.1, 0.15) is 35.2 Å². The number of ether oxygens (including phenoxy) is 1. The average Bonchev–Trinajstić information content (AvgIpc) is 2.45. The van der Waals surface area contributed by atoms with Gasteiger partial charge in [-0.05, 0) is 18.4 Å². The topological polar surface area (TPSA) is 63.6 Å². The zero-order chi connectivity index (χ0) is 13.4. The molecule has 0 radical (unpaired) electrons. The van der Waals surface area contributed by atoms with Gasteiger partial charge in [0.25, 0.3) is 0 Å². The molecule has 0 amide bonds. The summed E-state index contributed by atoms with van der Waals surface area (Å²) in [5.74, 6) is -0.374. The highest BCUT2D eigenvalue weighted by Gasteiger charge is 2.51. The van der Waals surface area contributed by atoms with Crippen LogP contribution >= 0.6 is 0 Å². The van der Waals surface area contributed by atoms with Gasteiger partial charge in [0.15, 0.2) is 5.78 Å². The molecule has 0 bridgehead atoms. The third kappa shape index (κ3) is 2.06. The van der Waals surface area contributed by atoms with Crippen LogP contribution in [0, 0.1) is 11.8 Å². The molecular formula is C15H16O4. The Morgan fingerprint density at radius 2 is 2.00 bits per heavy atom. The first-order chi connectivity index (χ1) is 9.20. The molecule has 1 aliphatic carbocycles. The number of aliphatic hydroxyl groups excluding tert-OH is 1. The molecule has 1 aromatic carbocycles. The third-order valence-corrected chi connectivity index (χ3v) is 4.14. The zero-order valence-electron chi connectivity index (χ0n) is 10.5. The van der Waals surface area contributed by atoms with Gasteiger partial charge >= 0.3 is 5.97 Å². The van der Waals surface area contributed by atoms with Crippen molar-refractivity contribution in [2.45, 2.75) is 32.0 Å². The number of rotatable bonds is 3. The summed E-state index contributed by atoms with van der Waals surface area (Å²) in [6.45, 7) is -0.0276. The molecule has 1 saturated carbocycles. The highest BCUT2D eigenvalue weighted by Crippen LogP contribution is 2.40. The summed E-state index contributed by atoms with van der Waals surface area (Å²) in [7, 11) is 0. The fraction of sp³-hybridized carbons (Fsp3) is 0.467. The molecule has 1 aromatic rings. The summed E-state index contributed by atoms with van der Waals surface area (Å²) in [6.07, 6.45) is 2.32. The fourth-order valence-corrected chi connectivity index (χ4v) is 3.00. The lowest BCUT2D eigenvalue weighted by atomic mass is 9.72. The van der Waals surface area contributed by atoms with E-state index >= 15 is 0 Å². The van der Waals surface area contributed by atoms with Crippen molar-refractivity contribution in [1.82, 2.24) is 0 Å². The number of carbonyl (C=O) groups is 2. The molecule has 2 aliphatic rings. The van der Waals surface area contributed by atoms with Crippen LogP contribution in [-0.4, -0.2) is 23.0 Å². The van der Waals surface area contributed by atoms with Crippen LogP contribution in [0.2, 0.25) is 0 Å². The first kappa shape index (κ1) is 12.4. The highest BCUT2D eigenvalue weighted by molar-refractivity contribution is 5.99. The number of ketones is 1. The average molecular weight is 260 g/mol. The van der Waals surface area contributed by atoms with E-state index in [9.17, 15) is 9.59 Å². The van der Waals surface area contributed by atoms with E-state index in [1.165, 1.54) is 0 Å². The van der Waals surface area contributed by atoms with Crippen molar-refractivity contribution in [3.05, 3.63) is 35.4 Å². The molecule has 4 heteroatoms. The van der Waals surface area contributed by atoms with E-state index in [2.05, 4.69) is 0 Å². The fourth-order valence-electron chi connectivity index (χ4n) is 3.00. The lowest BCUT2D eigenvalue weighted by molar-refractivity contribution is -0.194. The smallest absolute Gasteiger partial charge is 0.313 e.